The molecule has 0 saturated heterocycles. The molecule has 0 bridgehead atoms. The molecule has 0 radical (unpaired) electrons. The summed E-state index contributed by atoms with van der Waals surface area (Å²) in [5, 5.41) is 13.2. The number of H-pyrrole nitrogens is 1. The quantitative estimate of drug-likeness (QED) is 0.854. The lowest BCUT2D eigenvalue weighted by Gasteiger charge is -2.00. The molecule has 0 atom stereocenters. The zero-order valence-electron chi connectivity index (χ0n) is 8.02. The largest absolute Gasteiger partial charge is 0.250 e. The molecule has 0 aliphatic carbocycles. The van der Waals surface area contributed by atoms with E-state index in [1.165, 1.54) is 6.07 Å². The van der Waals surface area contributed by atoms with Gasteiger partial charge in [-0.05, 0) is 22.0 Å². The number of aromatic nitrogens is 4. The van der Waals surface area contributed by atoms with Gasteiger partial charge in [0, 0.05) is 0 Å². The van der Waals surface area contributed by atoms with Gasteiger partial charge in [-0.15, -0.1) is 21.5 Å². The molecule has 0 unspecified atom stereocenters. The highest BCUT2D eigenvalue weighted by molar-refractivity contribution is 9.11. The van der Waals surface area contributed by atoms with Crippen LogP contribution >= 0.6 is 38.9 Å². The van der Waals surface area contributed by atoms with Crippen LogP contribution in [-0.4, -0.2) is 29.0 Å². The lowest BCUT2D eigenvalue weighted by Crippen LogP contribution is -2.23. The second-order valence-electron chi connectivity index (χ2n) is 2.84. The fourth-order valence-corrected chi connectivity index (χ4v) is 4.37. The molecule has 0 aliphatic rings. The number of thiophene rings is 1. The number of halogens is 2. The van der Waals surface area contributed by atoms with E-state index in [4.69, 9.17) is 11.6 Å². The van der Waals surface area contributed by atoms with Gasteiger partial charge in [0.15, 0.2) is 5.82 Å². The Bertz CT molecular complexity index is 591. The fourth-order valence-electron chi connectivity index (χ4n) is 0.947. The lowest BCUT2D eigenvalue weighted by molar-refractivity contribution is 0.581. The summed E-state index contributed by atoms with van der Waals surface area (Å²) in [7, 11) is -3.61. The smallest absolute Gasteiger partial charge is 0.206 e. The maximum absolute atomic E-state index is 11.8. The van der Waals surface area contributed by atoms with Gasteiger partial charge in [-0.3, -0.25) is 0 Å². The molecule has 92 valence electrons. The third kappa shape index (κ3) is 3.01. The van der Waals surface area contributed by atoms with Crippen molar-refractivity contribution in [2.45, 2.75) is 10.8 Å². The van der Waals surface area contributed by atoms with Crippen LogP contribution in [0.15, 0.2) is 14.1 Å². The molecule has 7 nitrogen and oxygen atoms in total. The summed E-state index contributed by atoms with van der Waals surface area (Å²) < 4.78 is 26.7. The van der Waals surface area contributed by atoms with E-state index in [9.17, 15) is 8.42 Å². The lowest BCUT2D eigenvalue weighted by atomic mass is 10.6. The molecule has 17 heavy (non-hydrogen) atoms. The van der Waals surface area contributed by atoms with Crippen molar-refractivity contribution >= 4 is 48.9 Å². The van der Waals surface area contributed by atoms with E-state index in [0.29, 0.717) is 8.81 Å². The van der Waals surface area contributed by atoms with Crippen molar-refractivity contribution < 1.29 is 8.42 Å². The molecule has 0 saturated carbocycles. The van der Waals surface area contributed by atoms with Crippen LogP contribution in [0.3, 0.4) is 0 Å². The Morgan fingerprint density at radius 2 is 2.35 bits per heavy atom. The monoisotopic (exact) mass is 357 g/mol. The van der Waals surface area contributed by atoms with E-state index in [1.807, 2.05) is 0 Å². The summed E-state index contributed by atoms with van der Waals surface area (Å²) in [6.07, 6.45) is 0. The number of rotatable bonds is 4. The minimum atomic E-state index is -3.61. The van der Waals surface area contributed by atoms with Crippen LogP contribution in [0.2, 0.25) is 5.02 Å². The van der Waals surface area contributed by atoms with Crippen LogP contribution in [0.4, 0.5) is 0 Å². The summed E-state index contributed by atoms with van der Waals surface area (Å²) in [4.78, 5) is 0. The summed E-state index contributed by atoms with van der Waals surface area (Å²) in [5.74, 6) is 0.260. The van der Waals surface area contributed by atoms with Crippen molar-refractivity contribution in [1.29, 1.82) is 0 Å². The minimum absolute atomic E-state index is 0.0357. The summed E-state index contributed by atoms with van der Waals surface area (Å²) in [6.45, 7) is -0.0357. The van der Waals surface area contributed by atoms with Gasteiger partial charge in [0.1, 0.15) is 4.21 Å². The Labute approximate surface area is 114 Å². The first-order chi connectivity index (χ1) is 7.99. The molecular weight excluding hydrogens is 354 g/mol. The first kappa shape index (κ1) is 12.9. The van der Waals surface area contributed by atoms with Crippen molar-refractivity contribution in [2.24, 2.45) is 0 Å². The van der Waals surface area contributed by atoms with Crippen molar-refractivity contribution in [3.05, 3.63) is 20.7 Å². The molecule has 2 heterocycles. The maximum Gasteiger partial charge on any atom is 0.250 e. The number of aromatic amines is 1. The predicted molar refractivity (Wildman–Crippen MR) is 65.2 cm³/mol. The first-order valence-corrected chi connectivity index (χ1v) is 7.63. The number of tetrazole rings is 1. The molecule has 11 heteroatoms. The van der Waals surface area contributed by atoms with Gasteiger partial charge in [-0.25, -0.2) is 13.1 Å². The van der Waals surface area contributed by atoms with Crippen LogP contribution < -0.4 is 4.72 Å². The first-order valence-electron chi connectivity index (χ1n) is 4.16. The topological polar surface area (TPSA) is 101 Å². The highest BCUT2D eigenvalue weighted by Crippen LogP contribution is 2.34. The SMILES string of the molecule is O=S(=O)(NCc1nn[nH]n1)c1cc(Cl)c(Br)s1. The number of nitrogens with one attached hydrogen (secondary N) is 2. The molecule has 0 spiro atoms. The van der Waals surface area contributed by atoms with E-state index in [-0.39, 0.29) is 16.6 Å². The highest BCUT2D eigenvalue weighted by atomic mass is 79.9. The third-order valence-corrected chi connectivity index (χ3v) is 6.05. The van der Waals surface area contributed by atoms with Crippen molar-refractivity contribution in [3.8, 4) is 0 Å². The average molecular weight is 359 g/mol. The van der Waals surface area contributed by atoms with E-state index >= 15 is 0 Å². The second kappa shape index (κ2) is 4.98. The summed E-state index contributed by atoms with van der Waals surface area (Å²) >= 11 is 9.95. The molecule has 0 aromatic carbocycles. The number of sulfonamides is 1. The molecular formula is C6H5BrClN5O2S2. The summed E-state index contributed by atoms with van der Waals surface area (Å²) in [5.41, 5.74) is 0. The van der Waals surface area contributed by atoms with Gasteiger partial charge in [0.2, 0.25) is 0 Å². The average Bonchev–Trinajstić information content (AvgIpc) is 2.87. The Kier molecular flexibility index (Phi) is 3.78. The van der Waals surface area contributed by atoms with Gasteiger partial charge >= 0.3 is 0 Å². The number of hydrogen-bond donors (Lipinski definition) is 2. The predicted octanol–water partition coefficient (Wildman–Crippen LogP) is 1.16. The third-order valence-electron chi connectivity index (χ3n) is 1.70. The zero-order valence-corrected chi connectivity index (χ0v) is 12.0. The van der Waals surface area contributed by atoms with Gasteiger partial charge in [0.05, 0.1) is 15.4 Å². The Hall–Kier alpha value is -0.550. The van der Waals surface area contributed by atoms with Crippen LogP contribution in [-0.2, 0) is 16.6 Å². The Balaban J connectivity index is 2.14. The van der Waals surface area contributed by atoms with Crippen LogP contribution in [0.5, 0.6) is 0 Å². The van der Waals surface area contributed by atoms with E-state index < -0.39 is 10.0 Å². The van der Waals surface area contributed by atoms with Crippen molar-refractivity contribution in [1.82, 2.24) is 25.3 Å². The minimum Gasteiger partial charge on any atom is -0.206 e. The van der Waals surface area contributed by atoms with Crippen molar-refractivity contribution in [2.75, 3.05) is 0 Å². The van der Waals surface area contributed by atoms with E-state index in [1.54, 1.807) is 0 Å². The number of hydrogen-bond acceptors (Lipinski definition) is 6. The molecule has 2 aromatic rings. The Morgan fingerprint density at radius 3 is 2.88 bits per heavy atom. The molecule has 0 amide bonds. The highest BCUT2D eigenvalue weighted by Gasteiger charge is 2.19. The van der Waals surface area contributed by atoms with Crippen LogP contribution in [0, 0.1) is 0 Å². The molecule has 0 fully saturated rings. The normalized spacial score (nSPS) is 11.9. The Morgan fingerprint density at radius 1 is 1.59 bits per heavy atom. The van der Waals surface area contributed by atoms with E-state index in [0.717, 1.165) is 11.3 Å². The molecule has 2 rings (SSSR count). The van der Waals surface area contributed by atoms with Gasteiger partial charge in [-0.2, -0.15) is 5.21 Å². The molecule has 2 N–H and O–H groups in total. The van der Waals surface area contributed by atoms with Gasteiger partial charge in [-0.1, -0.05) is 16.8 Å². The van der Waals surface area contributed by atoms with Gasteiger partial charge < -0.3 is 0 Å². The number of nitrogens with zero attached hydrogens (tertiary/aromatic N) is 3. The van der Waals surface area contributed by atoms with E-state index in [2.05, 4.69) is 41.3 Å². The molecule has 0 aliphatic heterocycles. The van der Waals surface area contributed by atoms with Gasteiger partial charge in [0.25, 0.3) is 10.0 Å². The standard InChI is InChI=1S/C6H5BrClN5O2S2/c7-6-3(8)1-5(16-6)17(14,15)9-2-4-10-12-13-11-4/h1,9H,2H2,(H,10,11,12,13). The van der Waals surface area contributed by atoms with Crippen LogP contribution in [0.1, 0.15) is 5.82 Å². The van der Waals surface area contributed by atoms with Crippen molar-refractivity contribution in [3.63, 3.8) is 0 Å². The second-order valence-corrected chi connectivity index (χ2v) is 7.61. The maximum atomic E-state index is 11.8. The van der Waals surface area contributed by atoms with Crippen LogP contribution in [0.25, 0.3) is 0 Å². The zero-order chi connectivity index (χ0) is 12.5. The fraction of sp³-hybridized carbons (Fsp3) is 0.167. The summed E-state index contributed by atoms with van der Waals surface area (Å²) in [6, 6.07) is 1.37. The molecule has 2 aromatic heterocycles.